The van der Waals surface area contributed by atoms with Gasteiger partial charge in [-0.2, -0.15) is 0 Å². The highest BCUT2D eigenvalue weighted by Gasteiger charge is 2.16. The van der Waals surface area contributed by atoms with E-state index >= 15 is 0 Å². The van der Waals surface area contributed by atoms with Crippen molar-refractivity contribution in [2.24, 2.45) is 0 Å². The summed E-state index contributed by atoms with van der Waals surface area (Å²) in [5, 5.41) is 32.1. The molecule has 2 rings (SSSR count). The van der Waals surface area contributed by atoms with Gasteiger partial charge in [0.25, 0.3) is 0 Å². The zero-order valence-corrected chi connectivity index (χ0v) is 14.9. The zero-order valence-electron chi connectivity index (χ0n) is 14.9. The third kappa shape index (κ3) is 4.45. The van der Waals surface area contributed by atoms with Crippen molar-refractivity contribution in [1.29, 1.82) is 0 Å². The average molecular weight is 353 g/mol. The lowest BCUT2D eigenvalue weighted by molar-refractivity contribution is -0.269. The molecule has 0 aliphatic heterocycles. The van der Waals surface area contributed by atoms with Crippen molar-refractivity contribution >= 4 is 11.9 Å². The van der Waals surface area contributed by atoms with Gasteiger partial charge in [0.15, 0.2) is 5.78 Å². The second-order valence-corrected chi connectivity index (χ2v) is 6.06. The normalized spacial score (nSPS) is 10.7. The van der Waals surface area contributed by atoms with E-state index in [-0.39, 0.29) is 34.8 Å². The fourth-order valence-corrected chi connectivity index (χ4v) is 2.40. The van der Waals surface area contributed by atoms with Gasteiger partial charge >= 0.3 is 0 Å². The number of ether oxygens (including phenoxy) is 1. The standard InChI is InChI=1S/C21H22O5/c1-13(2)4-10-16-18(24)12-19(26-3)20(21(16)25)17(23)11-7-14-5-8-15(22)9-6-14/h4-9,11-12,22,24-25H,10H2,1-3H3/p-1/b11-7+. The minimum atomic E-state index is -0.542. The summed E-state index contributed by atoms with van der Waals surface area (Å²) in [4.78, 5) is 12.6. The van der Waals surface area contributed by atoms with Crippen LogP contribution in [0.25, 0.3) is 6.08 Å². The first-order valence-electron chi connectivity index (χ1n) is 8.08. The number of allylic oxidation sites excluding steroid dienone is 3. The molecule has 2 N–H and O–H groups in total. The lowest BCUT2D eigenvalue weighted by Crippen LogP contribution is -2.09. The van der Waals surface area contributed by atoms with Crippen LogP contribution >= 0.6 is 0 Å². The largest absolute Gasteiger partial charge is 0.872 e. The van der Waals surface area contributed by atoms with E-state index in [1.807, 2.05) is 19.9 Å². The fraction of sp³-hybridized carbons (Fsp3) is 0.190. The number of methoxy groups -OCH3 is 1. The molecule has 0 atom stereocenters. The van der Waals surface area contributed by atoms with Crippen molar-refractivity contribution in [3.8, 4) is 23.0 Å². The van der Waals surface area contributed by atoms with Crippen LogP contribution in [0.2, 0.25) is 0 Å². The summed E-state index contributed by atoms with van der Waals surface area (Å²) in [7, 11) is 1.34. The van der Waals surface area contributed by atoms with E-state index in [9.17, 15) is 20.1 Å². The van der Waals surface area contributed by atoms with Crippen LogP contribution in [0.3, 0.4) is 0 Å². The summed E-state index contributed by atoms with van der Waals surface area (Å²) in [6.45, 7) is 3.77. The molecular formula is C21H21O5-. The summed E-state index contributed by atoms with van der Waals surface area (Å²) >= 11 is 0. The summed E-state index contributed by atoms with van der Waals surface area (Å²) in [6.07, 6.45) is 4.86. The van der Waals surface area contributed by atoms with E-state index in [2.05, 4.69) is 0 Å². The summed E-state index contributed by atoms with van der Waals surface area (Å²) in [6, 6.07) is 7.58. The molecule has 5 heteroatoms. The average Bonchev–Trinajstić information content (AvgIpc) is 2.60. The van der Waals surface area contributed by atoms with Gasteiger partial charge in [-0.05, 0) is 49.6 Å². The van der Waals surface area contributed by atoms with Crippen LogP contribution < -0.4 is 9.84 Å². The van der Waals surface area contributed by atoms with Gasteiger partial charge in [-0.25, -0.2) is 0 Å². The molecule has 0 radical (unpaired) electrons. The molecule has 0 aliphatic carbocycles. The zero-order chi connectivity index (χ0) is 19.3. The van der Waals surface area contributed by atoms with Gasteiger partial charge in [0.05, 0.1) is 12.7 Å². The number of phenols is 2. The van der Waals surface area contributed by atoms with Crippen LogP contribution in [-0.2, 0) is 6.42 Å². The van der Waals surface area contributed by atoms with Gasteiger partial charge < -0.3 is 20.1 Å². The van der Waals surface area contributed by atoms with Crippen LogP contribution in [0.1, 0.15) is 35.3 Å². The maximum Gasteiger partial charge on any atom is 0.188 e. The molecule has 0 spiro atoms. The summed E-state index contributed by atoms with van der Waals surface area (Å²) in [5.74, 6) is -1.09. The van der Waals surface area contributed by atoms with E-state index in [0.29, 0.717) is 5.56 Å². The van der Waals surface area contributed by atoms with Crippen LogP contribution in [0.4, 0.5) is 0 Å². The predicted molar refractivity (Wildman–Crippen MR) is 98.7 cm³/mol. The predicted octanol–water partition coefficient (Wildman–Crippen LogP) is 3.58. The molecular weight excluding hydrogens is 332 g/mol. The molecule has 0 unspecified atom stereocenters. The third-order valence-corrected chi connectivity index (χ3v) is 3.83. The Morgan fingerprint density at radius 1 is 1.19 bits per heavy atom. The molecule has 5 nitrogen and oxygen atoms in total. The Morgan fingerprint density at radius 2 is 1.85 bits per heavy atom. The Hall–Kier alpha value is -3.21. The van der Waals surface area contributed by atoms with Crippen molar-refractivity contribution < 1.29 is 24.9 Å². The SMILES string of the molecule is COc1cc(O)c(CC=C(C)C)c([O-])c1C(=O)/C=C/c1ccc(O)cc1. The quantitative estimate of drug-likeness (QED) is 0.471. The molecule has 0 fully saturated rings. The van der Waals surface area contributed by atoms with Gasteiger partial charge in [-0.15, -0.1) is 0 Å². The molecule has 0 saturated carbocycles. The molecule has 0 saturated heterocycles. The molecule has 2 aromatic carbocycles. The van der Waals surface area contributed by atoms with Crippen LogP contribution in [0, 0.1) is 0 Å². The number of hydrogen-bond acceptors (Lipinski definition) is 5. The number of ketones is 1. The number of carbonyl (C=O) groups is 1. The smallest absolute Gasteiger partial charge is 0.188 e. The van der Waals surface area contributed by atoms with Gasteiger partial charge in [-0.3, -0.25) is 4.79 Å². The highest BCUT2D eigenvalue weighted by atomic mass is 16.5. The van der Waals surface area contributed by atoms with E-state index in [1.54, 1.807) is 18.2 Å². The van der Waals surface area contributed by atoms with Crippen molar-refractivity contribution in [3.63, 3.8) is 0 Å². The number of benzene rings is 2. The first kappa shape index (κ1) is 19.1. The number of phenolic OH excluding ortho intramolecular Hbond substituents is 2. The molecule has 0 aliphatic rings. The van der Waals surface area contributed by atoms with Gasteiger partial charge in [0.1, 0.15) is 17.2 Å². The Labute approximate surface area is 152 Å². The minimum absolute atomic E-state index is 0.0359. The van der Waals surface area contributed by atoms with Crippen LogP contribution in [-0.4, -0.2) is 23.1 Å². The Kier molecular flexibility index (Phi) is 6.07. The first-order valence-corrected chi connectivity index (χ1v) is 8.08. The summed E-state index contributed by atoms with van der Waals surface area (Å²) in [5.41, 5.74) is 1.75. The Bertz CT molecular complexity index is 857. The van der Waals surface area contributed by atoms with E-state index in [1.165, 1.54) is 31.4 Å². The molecule has 0 bridgehead atoms. The molecule has 0 aromatic heterocycles. The second kappa shape index (κ2) is 8.25. The van der Waals surface area contributed by atoms with Crippen LogP contribution in [0.5, 0.6) is 23.0 Å². The molecule has 0 heterocycles. The van der Waals surface area contributed by atoms with Crippen LogP contribution in [0.15, 0.2) is 48.1 Å². The van der Waals surface area contributed by atoms with Gasteiger partial charge in [-0.1, -0.05) is 35.6 Å². The van der Waals surface area contributed by atoms with E-state index in [0.717, 1.165) is 5.57 Å². The number of rotatable bonds is 6. The van der Waals surface area contributed by atoms with E-state index in [4.69, 9.17) is 4.74 Å². The van der Waals surface area contributed by atoms with Crippen molar-refractivity contribution in [3.05, 3.63) is 64.7 Å². The first-order chi connectivity index (χ1) is 12.3. The number of aromatic hydroxyl groups is 2. The minimum Gasteiger partial charge on any atom is -0.872 e. The maximum atomic E-state index is 12.7. The van der Waals surface area contributed by atoms with Gasteiger partial charge in [0, 0.05) is 6.07 Å². The van der Waals surface area contributed by atoms with E-state index < -0.39 is 11.5 Å². The summed E-state index contributed by atoms with van der Waals surface area (Å²) < 4.78 is 5.11. The van der Waals surface area contributed by atoms with Crippen molar-refractivity contribution in [2.75, 3.05) is 7.11 Å². The second-order valence-electron chi connectivity index (χ2n) is 6.06. The lowest BCUT2D eigenvalue weighted by atomic mass is 9.99. The Morgan fingerprint density at radius 3 is 2.42 bits per heavy atom. The fourth-order valence-electron chi connectivity index (χ4n) is 2.40. The highest BCUT2D eigenvalue weighted by Crippen LogP contribution is 2.37. The number of carbonyl (C=O) groups excluding carboxylic acids is 1. The van der Waals surface area contributed by atoms with Crippen molar-refractivity contribution in [1.82, 2.24) is 0 Å². The Balaban J connectivity index is 2.42. The maximum absolute atomic E-state index is 12.7. The molecule has 136 valence electrons. The number of hydrogen-bond donors (Lipinski definition) is 2. The van der Waals surface area contributed by atoms with Gasteiger partial charge in [0.2, 0.25) is 0 Å². The topological polar surface area (TPSA) is 89.8 Å². The molecule has 26 heavy (non-hydrogen) atoms. The molecule has 2 aromatic rings. The third-order valence-electron chi connectivity index (χ3n) is 3.83. The monoisotopic (exact) mass is 353 g/mol. The molecule has 0 amide bonds. The lowest BCUT2D eigenvalue weighted by Gasteiger charge is -2.21. The highest BCUT2D eigenvalue weighted by molar-refractivity contribution is 6.10. The van der Waals surface area contributed by atoms with Crippen molar-refractivity contribution in [2.45, 2.75) is 20.3 Å².